The largest absolute Gasteiger partial charge is 0.435 e. The maximum absolute atomic E-state index is 14.2. The first-order valence-corrected chi connectivity index (χ1v) is 11.8. The summed E-state index contributed by atoms with van der Waals surface area (Å²) in [5, 5.41) is 4.65. The molecule has 2 aromatic rings. The first-order chi connectivity index (χ1) is 17.3. The highest BCUT2D eigenvalue weighted by atomic mass is 35.5. The van der Waals surface area contributed by atoms with Gasteiger partial charge in [0.15, 0.2) is 5.82 Å². The number of carbonyl (C=O) groups excluding carboxylic acids is 3. The van der Waals surface area contributed by atoms with Crippen LogP contribution in [-0.2, 0) is 20.0 Å². The van der Waals surface area contributed by atoms with Crippen LogP contribution < -0.4 is 5.32 Å². The van der Waals surface area contributed by atoms with Gasteiger partial charge in [0.25, 0.3) is 17.4 Å². The van der Waals surface area contributed by atoms with Gasteiger partial charge in [-0.25, -0.2) is 4.39 Å². The fraction of sp³-hybridized carbons (Fsp3) is 0.304. The number of benzene rings is 2. The molecule has 7 nitrogen and oxygen atoms in total. The minimum atomic E-state index is -5.00. The smallest absolute Gasteiger partial charge is 0.374 e. The molecule has 2 aromatic carbocycles. The molecule has 2 atom stereocenters. The third-order valence-corrected chi connectivity index (χ3v) is 6.91. The summed E-state index contributed by atoms with van der Waals surface area (Å²) < 4.78 is 56.4. The number of amides is 3. The highest BCUT2D eigenvalue weighted by molar-refractivity contribution is 6.35. The fourth-order valence-corrected chi connectivity index (χ4v) is 4.84. The fourth-order valence-electron chi connectivity index (χ4n) is 4.09. The molecule has 0 radical (unpaired) electrons. The molecule has 0 spiro atoms. The van der Waals surface area contributed by atoms with Crippen LogP contribution in [0.15, 0.2) is 35.5 Å². The number of nitrogens with zero attached hydrogens (tertiary/aromatic N) is 2. The molecule has 37 heavy (non-hydrogen) atoms. The number of hydrogen-bond acceptors (Lipinski definition) is 5. The molecule has 0 unspecified atom stereocenters. The van der Waals surface area contributed by atoms with Crippen molar-refractivity contribution in [2.75, 3.05) is 6.54 Å². The molecule has 4 rings (SSSR count). The predicted molar refractivity (Wildman–Crippen MR) is 126 cm³/mol. The van der Waals surface area contributed by atoms with Gasteiger partial charge in [-0.2, -0.15) is 13.2 Å². The van der Waals surface area contributed by atoms with E-state index in [0.717, 1.165) is 17.0 Å². The lowest BCUT2D eigenvalue weighted by molar-refractivity contribution is -0.275. The number of rotatable bonds is 5. The summed E-state index contributed by atoms with van der Waals surface area (Å²) in [6.07, 6.45) is -6.01. The number of nitrogens with one attached hydrogen (secondary N) is 1. The summed E-state index contributed by atoms with van der Waals surface area (Å²) >= 11 is 17.6. The van der Waals surface area contributed by atoms with Crippen molar-refractivity contribution in [2.24, 2.45) is 5.16 Å². The van der Waals surface area contributed by atoms with Gasteiger partial charge in [-0.1, -0.05) is 46.0 Å². The van der Waals surface area contributed by atoms with Gasteiger partial charge in [-0.05, 0) is 31.2 Å². The molecule has 1 fully saturated rings. The number of alkyl halides is 3. The van der Waals surface area contributed by atoms with E-state index < -0.39 is 63.4 Å². The molecule has 2 aliphatic rings. The summed E-state index contributed by atoms with van der Waals surface area (Å²) in [7, 11) is 0. The summed E-state index contributed by atoms with van der Waals surface area (Å²) in [6, 6.07) is 4.25. The number of imide groups is 1. The Hall–Kier alpha value is -2.89. The molecule has 2 heterocycles. The summed E-state index contributed by atoms with van der Waals surface area (Å²) in [4.78, 5) is 42.7. The van der Waals surface area contributed by atoms with Gasteiger partial charge in [0.2, 0.25) is 5.91 Å². The normalized spacial score (nSPS) is 21.8. The first kappa shape index (κ1) is 27.2. The van der Waals surface area contributed by atoms with Gasteiger partial charge in [-0.3, -0.25) is 19.3 Å². The lowest BCUT2D eigenvalue weighted by Crippen LogP contribution is -2.42. The molecular formula is C23H16Cl3F4N3O4. The van der Waals surface area contributed by atoms with Crippen molar-refractivity contribution < 1.29 is 36.8 Å². The lowest BCUT2D eigenvalue weighted by atomic mass is 9.86. The van der Waals surface area contributed by atoms with Crippen molar-refractivity contribution in [1.29, 1.82) is 0 Å². The van der Waals surface area contributed by atoms with Crippen LogP contribution in [0.5, 0.6) is 0 Å². The summed E-state index contributed by atoms with van der Waals surface area (Å²) in [5.74, 6) is -2.79. The van der Waals surface area contributed by atoms with Crippen molar-refractivity contribution in [1.82, 2.24) is 10.2 Å². The minimum absolute atomic E-state index is 0.0701. The number of carbonyl (C=O) groups is 3. The Balaban J connectivity index is 1.57. The SMILES string of the molecule is CCN1C(=O)C[C@@H](NC(=O)c2ccc(C3=NO[C@@](c4cc(Cl)c(F)c(Cl)c4)(C(F)(F)F)C3)cc2Cl)C1=O. The average molecular weight is 581 g/mol. The Morgan fingerprint density at radius 3 is 2.35 bits per heavy atom. The number of hydrogen-bond donors (Lipinski definition) is 1. The molecule has 2 aliphatic heterocycles. The summed E-state index contributed by atoms with van der Waals surface area (Å²) in [5.41, 5.74) is -3.64. The Bertz CT molecular complexity index is 1330. The van der Waals surface area contributed by atoms with E-state index in [1.54, 1.807) is 6.92 Å². The van der Waals surface area contributed by atoms with E-state index >= 15 is 0 Å². The maximum atomic E-state index is 14.2. The topological polar surface area (TPSA) is 88.1 Å². The zero-order valence-electron chi connectivity index (χ0n) is 18.8. The van der Waals surface area contributed by atoms with Crippen LogP contribution in [-0.4, -0.2) is 47.1 Å². The van der Waals surface area contributed by atoms with E-state index in [2.05, 4.69) is 10.5 Å². The Morgan fingerprint density at radius 2 is 1.81 bits per heavy atom. The molecule has 1 saturated heterocycles. The van der Waals surface area contributed by atoms with Crippen LogP contribution in [0.4, 0.5) is 17.6 Å². The van der Waals surface area contributed by atoms with Crippen LogP contribution in [0.25, 0.3) is 0 Å². The molecular weight excluding hydrogens is 565 g/mol. The van der Waals surface area contributed by atoms with Crippen molar-refractivity contribution in [2.45, 2.75) is 37.6 Å². The number of likely N-dealkylation sites (tertiary alicyclic amines) is 1. The zero-order chi connectivity index (χ0) is 27.3. The lowest BCUT2D eigenvalue weighted by Gasteiger charge is -2.29. The molecule has 0 bridgehead atoms. The molecule has 0 aliphatic carbocycles. The van der Waals surface area contributed by atoms with Gasteiger partial charge in [-0.15, -0.1) is 0 Å². The van der Waals surface area contributed by atoms with Gasteiger partial charge >= 0.3 is 6.18 Å². The van der Waals surface area contributed by atoms with Gasteiger partial charge < -0.3 is 10.2 Å². The van der Waals surface area contributed by atoms with Gasteiger partial charge in [0.05, 0.1) is 32.8 Å². The molecule has 3 amide bonds. The standard InChI is InChI=1S/C23H16Cl3F4N3O4/c1-2-33-18(34)8-16(21(33)36)31-20(35)12-4-3-10(5-13(12)24)17-9-22(37-32-17,23(28,29)30)11-6-14(25)19(27)15(26)7-11/h3-7,16H,2,8-9H2,1H3,(H,31,35)/t16-,22+/m1/s1. The van der Waals surface area contributed by atoms with Crippen LogP contribution in [0, 0.1) is 5.82 Å². The van der Waals surface area contributed by atoms with Gasteiger partial charge in [0.1, 0.15) is 6.04 Å². The monoisotopic (exact) mass is 579 g/mol. The first-order valence-electron chi connectivity index (χ1n) is 10.7. The third kappa shape index (κ3) is 4.75. The van der Waals surface area contributed by atoms with E-state index in [-0.39, 0.29) is 34.8 Å². The van der Waals surface area contributed by atoms with E-state index in [1.807, 2.05) is 0 Å². The van der Waals surface area contributed by atoms with Crippen molar-refractivity contribution in [3.63, 3.8) is 0 Å². The van der Waals surface area contributed by atoms with Crippen molar-refractivity contribution in [3.05, 3.63) is 67.9 Å². The predicted octanol–water partition coefficient (Wildman–Crippen LogP) is 5.25. The van der Waals surface area contributed by atoms with Crippen LogP contribution in [0.1, 0.15) is 41.3 Å². The number of halogens is 7. The molecule has 1 N–H and O–H groups in total. The van der Waals surface area contributed by atoms with Crippen LogP contribution in [0.3, 0.4) is 0 Å². The Labute approximate surface area is 222 Å². The maximum Gasteiger partial charge on any atom is 0.435 e. The Morgan fingerprint density at radius 1 is 1.16 bits per heavy atom. The summed E-state index contributed by atoms with van der Waals surface area (Å²) in [6.45, 7) is 1.79. The Kier molecular flexibility index (Phi) is 7.17. The quantitative estimate of drug-likeness (QED) is 0.298. The van der Waals surface area contributed by atoms with E-state index in [0.29, 0.717) is 0 Å². The second kappa shape index (κ2) is 9.77. The highest BCUT2D eigenvalue weighted by Crippen LogP contribution is 2.50. The minimum Gasteiger partial charge on any atom is -0.374 e. The average Bonchev–Trinajstić information content (AvgIpc) is 3.39. The molecule has 0 saturated carbocycles. The second-order valence-electron chi connectivity index (χ2n) is 8.29. The zero-order valence-corrected chi connectivity index (χ0v) is 21.0. The van der Waals surface area contributed by atoms with E-state index in [4.69, 9.17) is 39.6 Å². The highest BCUT2D eigenvalue weighted by Gasteiger charge is 2.62. The third-order valence-electron chi connectivity index (χ3n) is 6.05. The molecule has 0 aromatic heterocycles. The van der Waals surface area contributed by atoms with Crippen LogP contribution in [0.2, 0.25) is 15.1 Å². The van der Waals surface area contributed by atoms with Crippen molar-refractivity contribution >= 4 is 58.2 Å². The van der Waals surface area contributed by atoms with Crippen molar-refractivity contribution in [3.8, 4) is 0 Å². The van der Waals surface area contributed by atoms with Gasteiger partial charge in [0, 0.05) is 24.1 Å². The molecule has 14 heteroatoms. The molecule has 196 valence electrons. The van der Waals surface area contributed by atoms with E-state index in [9.17, 15) is 31.9 Å². The van der Waals surface area contributed by atoms with E-state index in [1.165, 1.54) is 18.2 Å². The second-order valence-corrected chi connectivity index (χ2v) is 9.51. The van der Waals surface area contributed by atoms with Crippen LogP contribution >= 0.6 is 34.8 Å². The number of likely N-dealkylation sites (N-methyl/N-ethyl adjacent to an activating group) is 1. The number of oxime groups is 1.